The highest BCUT2D eigenvalue weighted by atomic mass is 32.2. The van der Waals surface area contributed by atoms with E-state index in [2.05, 4.69) is 10.6 Å². The van der Waals surface area contributed by atoms with Crippen molar-refractivity contribution in [2.75, 3.05) is 30.0 Å². The zero-order chi connectivity index (χ0) is 19.1. The Kier molecular flexibility index (Phi) is 6.49. The second-order valence-electron chi connectivity index (χ2n) is 6.15. The number of thioether (sulfide) groups is 1. The summed E-state index contributed by atoms with van der Waals surface area (Å²) in [5.74, 6) is 0.341. The van der Waals surface area contributed by atoms with Crippen LogP contribution in [0, 0.1) is 0 Å². The molecule has 1 fully saturated rings. The number of hydrogen-bond acceptors (Lipinski definition) is 4. The monoisotopic (exact) mass is 383 g/mol. The minimum Gasteiger partial charge on any atom is -0.352 e. The van der Waals surface area contributed by atoms with Gasteiger partial charge in [0.05, 0.1) is 22.9 Å². The molecule has 7 heteroatoms. The second-order valence-corrected chi connectivity index (χ2v) is 7.11. The predicted octanol–water partition coefficient (Wildman–Crippen LogP) is 2.13. The minimum atomic E-state index is -0.310. The van der Waals surface area contributed by atoms with Crippen LogP contribution in [-0.2, 0) is 16.0 Å². The molecule has 2 aromatic rings. The lowest BCUT2D eigenvalue weighted by molar-refractivity contribution is -0.130. The van der Waals surface area contributed by atoms with Gasteiger partial charge in [-0.2, -0.15) is 0 Å². The standard InChI is InChI=1S/C20H21N3O3S/c24-18(12-23-14-27-13-19(23)25)22-17-9-5-4-8-16(17)20(26)21-11-10-15-6-2-1-3-7-15/h1-9H,10-14H2,(H,21,26)(H,22,24). The molecule has 1 aliphatic heterocycles. The molecule has 1 aliphatic rings. The third-order valence-corrected chi connectivity index (χ3v) is 5.09. The summed E-state index contributed by atoms with van der Waals surface area (Å²) in [5, 5.41) is 5.63. The summed E-state index contributed by atoms with van der Waals surface area (Å²) in [6.07, 6.45) is 0.732. The van der Waals surface area contributed by atoms with Crippen LogP contribution in [0.15, 0.2) is 54.6 Å². The van der Waals surface area contributed by atoms with Crippen molar-refractivity contribution in [3.63, 3.8) is 0 Å². The van der Waals surface area contributed by atoms with E-state index in [1.165, 1.54) is 16.7 Å². The lowest BCUT2D eigenvalue weighted by atomic mass is 10.1. The third-order valence-electron chi connectivity index (χ3n) is 4.15. The zero-order valence-electron chi connectivity index (χ0n) is 14.8. The molecule has 0 spiro atoms. The van der Waals surface area contributed by atoms with Crippen molar-refractivity contribution in [3.8, 4) is 0 Å². The number of hydrogen-bond donors (Lipinski definition) is 2. The third kappa shape index (κ3) is 5.34. The minimum absolute atomic E-state index is 0.00417. The van der Waals surface area contributed by atoms with Crippen LogP contribution in [0.2, 0.25) is 0 Å². The fourth-order valence-corrected chi connectivity index (χ4v) is 3.66. The number of amides is 3. The molecule has 0 aliphatic carbocycles. The highest BCUT2D eigenvalue weighted by Crippen LogP contribution is 2.17. The number of anilines is 1. The van der Waals surface area contributed by atoms with Gasteiger partial charge in [-0.3, -0.25) is 14.4 Å². The Morgan fingerprint density at radius 1 is 1.04 bits per heavy atom. The lowest BCUT2D eigenvalue weighted by Crippen LogP contribution is -2.35. The van der Waals surface area contributed by atoms with Crippen LogP contribution in [-0.4, -0.2) is 47.3 Å². The quantitative estimate of drug-likeness (QED) is 0.768. The van der Waals surface area contributed by atoms with E-state index in [4.69, 9.17) is 0 Å². The summed E-state index contributed by atoms with van der Waals surface area (Å²) in [7, 11) is 0. The van der Waals surface area contributed by atoms with Gasteiger partial charge >= 0.3 is 0 Å². The van der Waals surface area contributed by atoms with E-state index in [-0.39, 0.29) is 24.3 Å². The molecule has 0 aromatic heterocycles. The first-order chi connectivity index (χ1) is 13.1. The Bertz CT molecular complexity index is 826. The Balaban J connectivity index is 1.56. The fourth-order valence-electron chi connectivity index (χ4n) is 2.75. The van der Waals surface area contributed by atoms with Gasteiger partial charge in [-0.1, -0.05) is 42.5 Å². The van der Waals surface area contributed by atoms with Crippen molar-refractivity contribution < 1.29 is 14.4 Å². The van der Waals surface area contributed by atoms with E-state index in [9.17, 15) is 14.4 Å². The molecular formula is C20H21N3O3S. The van der Waals surface area contributed by atoms with Crippen molar-refractivity contribution in [3.05, 3.63) is 65.7 Å². The molecule has 0 radical (unpaired) electrons. The Labute approximate surface area is 162 Å². The van der Waals surface area contributed by atoms with Gasteiger partial charge in [-0.15, -0.1) is 11.8 Å². The molecule has 1 heterocycles. The Morgan fingerprint density at radius 2 is 1.78 bits per heavy atom. The van der Waals surface area contributed by atoms with Crippen LogP contribution in [0.3, 0.4) is 0 Å². The maximum atomic E-state index is 12.5. The van der Waals surface area contributed by atoms with E-state index in [0.717, 1.165) is 12.0 Å². The van der Waals surface area contributed by atoms with E-state index in [0.29, 0.717) is 29.4 Å². The summed E-state index contributed by atoms with van der Waals surface area (Å²) in [6, 6.07) is 16.8. The zero-order valence-corrected chi connectivity index (χ0v) is 15.6. The van der Waals surface area contributed by atoms with Crippen molar-refractivity contribution >= 4 is 35.2 Å². The smallest absolute Gasteiger partial charge is 0.253 e. The molecule has 27 heavy (non-hydrogen) atoms. The number of rotatable bonds is 7. The van der Waals surface area contributed by atoms with Gasteiger partial charge in [-0.25, -0.2) is 0 Å². The van der Waals surface area contributed by atoms with E-state index in [1.54, 1.807) is 24.3 Å². The van der Waals surface area contributed by atoms with Gasteiger partial charge in [0.1, 0.15) is 6.54 Å². The van der Waals surface area contributed by atoms with Crippen LogP contribution in [0.25, 0.3) is 0 Å². The van der Waals surface area contributed by atoms with Crippen molar-refractivity contribution in [1.82, 2.24) is 10.2 Å². The van der Waals surface area contributed by atoms with E-state index >= 15 is 0 Å². The van der Waals surface area contributed by atoms with Crippen molar-refractivity contribution in [2.24, 2.45) is 0 Å². The van der Waals surface area contributed by atoms with Crippen LogP contribution in [0.1, 0.15) is 15.9 Å². The highest BCUT2D eigenvalue weighted by molar-refractivity contribution is 8.00. The number of nitrogens with zero attached hydrogens (tertiary/aromatic N) is 1. The largest absolute Gasteiger partial charge is 0.352 e. The molecule has 1 saturated heterocycles. The van der Waals surface area contributed by atoms with E-state index < -0.39 is 0 Å². The average molecular weight is 383 g/mol. The summed E-state index contributed by atoms with van der Waals surface area (Å²) in [4.78, 5) is 37.9. The maximum Gasteiger partial charge on any atom is 0.253 e. The van der Waals surface area contributed by atoms with E-state index in [1.807, 2.05) is 30.3 Å². The van der Waals surface area contributed by atoms with Gasteiger partial charge in [0.15, 0.2) is 0 Å². The highest BCUT2D eigenvalue weighted by Gasteiger charge is 2.23. The normalized spacial score (nSPS) is 13.5. The number of nitrogens with one attached hydrogen (secondary N) is 2. The van der Waals surface area contributed by atoms with Gasteiger partial charge in [0, 0.05) is 6.54 Å². The van der Waals surface area contributed by atoms with Crippen LogP contribution >= 0.6 is 11.8 Å². The van der Waals surface area contributed by atoms with Crippen LogP contribution < -0.4 is 10.6 Å². The molecule has 6 nitrogen and oxygen atoms in total. The van der Waals surface area contributed by atoms with Crippen molar-refractivity contribution in [1.29, 1.82) is 0 Å². The first-order valence-electron chi connectivity index (χ1n) is 8.70. The van der Waals surface area contributed by atoms with Gasteiger partial charge < -0.3 is 15.5 Å². The molecule has 140 valence electrons. The number of para-hydroxylation sites is 1. The lowest BCUT2D eigenvalue weighted by Gasteiger charge is -2.16. The second kappa shape index (κ2) is 9.23. The summed E-state index contributed by atoms with van der Waals surface area (Å²) in [5.41, 5.74) is 1.99. The molecule has 2 aromatic carbocycles. The molecule has 0 saturated carbocycles. The van der Waals surface area contributed by atoms with Gasteiger partial charge in [0.2, 0.25) is 11.8 Å². The molecule has 3 amide bonds. The molecule has 0 unspecified atom stereocenters. The summed E-state index contributed by atoms with van der Waals surface area (Å²) in [6.45, 7) is 0.500. The molecular weight excluding hydrogens is 362 g/mol. The molecule has 2 N–H and O–H groups in total. The average Bonchev–Trinajstić information content (AvgIpc) is 3.07. The van der Waals surface area contributed by atoms with Crippen LogP contribution in [0.4, 0.5) is 5.69 Å². The molecule has 0 atom stereocenters. The van der Waals surface area contributed by atoms with Gasteiger partial charge in [0.25, 0.3) is 5.91 Å². The first kappa shape index (κ1) is 19.0. The number of carbonyl (C=O) groups is 3. The fraction of sp³-hybridized carbons (Fsp3) is 0.250. The number of benzene rings is 2. The Hall–Kier alpha value is -2.80. The summed E-state index contributed by atoms with van der Waals surface area (Å²) >= 11 is 1.49. The van der Waals surface area contributed by atoms with Gasteiger partial charge in [-0.05, 0) is 24.1 Å². The maximum absolute atomic E-state index is 12.5. The topological polar surface area (TPSA) is 78.5 Å². The van der Waals surface area contributed by atoms with Crippen LogP contribution in [0.5, 0.6) is 0 Å². The number of carbonyl (C=O) groups excluding carboxylic acids is 3. The molecule has 0 bridgehead atoms. The SMILES string of the molecule is O=C(CN1CSCC1=O)Nc1ccccc1C(=O)NCCc1ccccc1. The first-order valence-corrected chi connectivity index (χ1v) is 9.85. The molecule has 3 rings (SSSR count). The summed E-state index contributed by atoms with van der Waals surface area (Å²) < 4.78 is 0. The predicted molar refractivity (Wildman–Crippen MR) is 107 cm³/mol. The Morgan fingerprint density at radius 3 is 2.52 bits per heavy atom. The van der Waals surface area contributed by atoms with Crippen molar-refractivity contribution in [2.45, 2.75) is 6.42 Å².